The van der Waals surface area contributed by atoms with Crippen LogP contribution < -0.4 is 10.1 Å². The van der Waals surface area contributed by atoms with Gasteiger partial charge < -0.3 is 14.6 Å². The van der Waals surface area contributed by atoms with Crippen molar-refractivity contribution in [2.24, 2.45) is 0 Å². The van der Waals surface area contributed by atoms with Crippen LogP contribution in [-0.4, -0.2) is 21.2 Å². The topological polar surface area (TPSA) is 73.2 Å². The fourth-order valence-electron chi connectivity index (χ4n) is 3.80. The highest BCUT2D eigenvalue weighted by Gasteiger charge is 2.29. The Bertz CT molecular complexity index is 1240. The monoisotopic (exact) mass is 443 g/mol. The summed E-state index contributed by atoms with van der Waals surface area (Å²) in [6, 6.07) is 21.0. The van der Waals surface area contributed by atoms with Crippen LogP contribution >= 0.6 is 11.3 Å². The van der Waals surface area contributed by atoms with Gasteiger partial charge in [0.2, 0.25) is 5.91 Å². The van der Waals surface area contributed by atoms with Crippen molar-refractivity contribution in [1.29, 1.82) is 0 Å². The Morgan fingerprint density at radius 3 is 2.72 bits per heavy atom. The number of benzene rings is 2. The van der Waals surface area contributed by atoms with E-state index in [9.17, 15) is 9.59 Å². The van der Waals surface area contributed by atoms with E-state index in [4.69, 9.17) is 4.74 Å². The molecule has 6 nitrogen and oxygen atoms in total. The van der Waals surface area contributed by atoms with E-state index in [0.29, 0.717) is 30.3 Å². The first-order chi connectivity index (χ1) is 15.7. The Hall–Kier alpha value is -3.71. The molecule has 0 saturated carbocycles. The van der Waals surface area contributed by atoms with Gasteiger partial charge in [0.25, 0.3) is 0 Å². The van der Waals surface area contributed by atoms with Crippen LogP contribution in [0.5, 0.6) is 5.75 Å². The highest BCUT2D eigenvalue weighted by atomic mass is 32.1. The number of nitrogens with zero attached hydrogens (tertiary/aromatic N) is 2. The molecule has 1 atom stereocenters. The third-order valence-electron chi connectivity index (χ3n) is 5.47. The molecule has 7 heteroatoms. The maximum Gasteiger partial charge on any atom is 0.249 e. The van der Waals surface area contributed by atoms with Crippen molar-refractivity contribution < 1.29 is 14.3 Å². The largest absolute Gasteiger partial charge is 0.489 e. The molecule has 1 aliphatic heterocycles. The number of Topliss-reactive ketones (excluding diaryl/α,β-unsaturated/α-hetero) is 1. The third-order valence-corrected chi connectivity index (χ3v) is 6.43. The molecular formula is C25H21N3O3S. The zero-order valence-electron chi connectivity index (χ0n) is 17.2. The molecule has 0 fully saturated rings. The molecule has 0 bridgehead atoms. The van der Waals surface area contributed by atoms with Crippen molar-refractivity contribution in [2.45, 2.75) is 25.5 Å². The van der Waals surface area contributed by atoms with Gasteiger partial charge in [0.1, 0.15) is 18.4 Å². The van der Waals surface area contributed by atoms with E-state index in [1.165, 1.54) is 11.3 Å². The molecule has 4 aromatic rings. The maximum atomic E-state index is 12.8. The molecule has 3 heterocycles. The van der Waals surface area contributed by atoms with Gasteiger partial charge in [0.05, 0.1) is 10.6 Å². The standard InChI is InChI=1S/C25H21N3O3S/c29-22-13-12-21(28-14-4-7-20(22)28)24(30)27-25-26-15-23(32-25)18-8-10-19(11-9-18)31-16-17-5-2-1-3-6-17/h1-11,14-15,21H,12-13,16H2,(H,26,27,30). The average molecular weight is 444 g/mol. The van der Waals surface area contributed by atoms with Crippen molar-refractivity contribution in [3.05, 3.63) is 90.4 Å². The van der Waals surface area contributed by atoms with Crippen LogP contribution in [0.2, 0.25) is 0 Å². The number of fused-ring (bicyclic) bond motifs is 1. The molecule has 1 aliphatic rings. The summed E-state index contributed by atoms with van der Waals surface area (Å²) in [7, 11) is 0. The predicted molar refractivity (Wildman–Crippen MR) is 124 cm³/mol. The number of carbonyl (C=O) groups excluding carboxylic acids is 2. The molecule has 2 aromatic carbocycles. The Balaban J connectivity index is 1.23. The number of thiazole rings is 1. The van der Waals surface area contributed by atoms with Gasteiger partial charge in [-0.2, -0.15) is 0 Å². The van der Waals surface area contributed by atoms with E-state index < -0.39 is 6.04 Å². The first kappa shape index (κ1) is 20.2. The Kier molecular flexibility index (Phi) is 5.56. The van der Waals surface area contributed by atoms with Gasteiger partial charge in [-0.05, 0) is 53.9 Å². The van der Waals surface area contributed by atoms with Crippen molar-refractivity contribution in [3.8, 4) is 16.2 Å². The van der Waals surface area contributed by atoms with Crippen LogP contribution in [0.4, 0.5) is 5.13 Å². The van der Waals surface area contributed by atoms with Crippen LogP contribution in [-0.2, 0) is 11.4 Å². The van der Waals surface area contributed by atoms with Gasteiger partial charge in [-0.1, -0.05) is 41.7 Å². The van der Waals surface area contributed by atoms with E-state index in [1.807, 2.05) is 54.6 Å². The fourth-order valence-corrected chi connectivity index (χ4v) is 4.63. The van der Waals surface area contributed by atoms with Crippen molar-refractivity contribution in [1.82, 2.24) is 9.55 Å². The highest BCUT2D eigenvalue weighted by molar-refractivity contribution is 7.19. The van der Waals surface area contributed by atoms with Crippen LogP contribution in [0.1, 0.15) is 34.9 Å². The molecule has 1 amide bonds. The summed E-state index contributed by atoms with van der Waals surface area (Å²) in [6.45, 7) is 0.521. The zero-order valence-corrected chi connectivity index (χ0v) is 18.0. The normalized spacial score (nSPS) is 15.2. The van der Waals surface area contributed by atoms with Crippen LogP contribution in [0, 0.1) is 0 Å². The van der Waals surface area contributed by atoms with E-state index in [1.54, 1.807) is 29.1 Å². The van der Waals surface area contributed by atoms with Gasteiger partial charge >= 0.3 is 0 Å². The third kappa shape index (κ3) is 4.20. The van der Waals surface area contributed by atoms with Crippen molar-refractivity contribution >= 4 is 28.2 Å². The number of nitrogens with one attached hydrogen (secondary N) is 1. The van der Waals surface area contributed by atoms with Crippen LogP contribution in [0.25, 0.3) is 10.4 Å². The highest BCUT2D eigenvalue weighted by Crippen LogP contribution is 2.32. The second-order valence-corrected chi connectivity index (χ2v) is 8.63. The zero-order chi connectivity index (χ0) is 21.9. The Morgan fingerprint density at radius 1 is 1.09 bits per heavy atom. The average Bonchev–Trinajstić information content (AvgIpc) is 3.50. The summed E-state index contributed by atoms with van der Waals surface area (Å²) >= 11 is 1.42. The second-order valence-electron chi connectivity index (χ2n) is 7.60. The molecule has 0 saturated heterocycles. The van der Waals surface area contributed by atoms with Gasteiger partial charge in [-0.15, -0.1) is 0 Å². The van der Waals surface area contributed by atoms with Gasteiger partial charge in [-0.3, -0.25) is 9.59 Å². The molecule has 1 N–H and O–H groups in total. The lowest BCUT2D eigenvalue weighted by Gasteiger charge is -2.24. The van der Waals surface area contributed by atoms with E-state index >= 15 is 0 Å². The lowest BCUT2D eigenvalue weighted by molar-refractivity contribution is -0.119. The summed E-state index contributed by atoms with van der Waals surface area (Å²) < 4.78 is 7.60. The number of amides is 1. The summed E-state index contributed by atoms with van der Waals surface area (Å²) in [5, 5.41) is 3.45. The van der Waals surface area contributed by atoms with Crippen molar-refractivity contribution in [3.63, 3.8) is 0 Å². The smallest absolute Gasteiger partial charge is 0.249 e. The van der Waals surface area contributed by atoms with E-state index in [0.717, 1.165) is 21.8 Å². The Labute approximate surface area is 189 Å². The van der Waals surface area contributed by atoms with Gasteiger partial charge in [0.15, 0.2) is 10.9 Å². The molecule has 1 unspecified atom stereocenters. The Morgan fingerprint density at radius 2 is 1.91 bits per heavy atom. The number of aromatic nitrogens is 2. The van der Waals surface area contributed by atoms with Gasteiger partial charge in [0, 0.05) is 18.8 Å². The minimum absolute atomic E-state index is 0.0757. The summed E-state index contributed by atoms with van der Waals surface area (Å²) in [5.74, 6) is 0.720. The lowest BCUT2D eigenvalue weighted by Crippen LogP contribution is -2.31. The maximum absolute atomic E-state index is 12.8. The predicted octanol–water partition coefficient (Wildman–Crippen LogP) is 5.35. The minimum atomic E-state index is -0.397. The fraction of sp³-hybridized carbons (Fsp3) is 0.160. The number of hydrogen-bond donors (Lipinski definition) is 1. The molecule has 32 heavy (non-hydrogen) atoms. The molecular weight excluding hydrogens is 422 g/mol. The SMILES string of the molecule is O=C1CCC(C(=O)Nc2ncc(-c3ccc(OCc4ccccc4)cc3)s2)n2cccc21. The number of rotatable bonds is 6. The summed E-state index contributed by atoms with van der Waals surface area (Å²) in [5.41, 5.74) is 2.71. The molecule has 0 aliphatic carbocycles. The first-order valence-corrected chi connectivity index (χ1v) is 11.2. The quantitative estimate of drug-likeness (QED) is 0.436. The van der Waals surface area contributed by atoms with Crippen LogP contribution in [0.3, 0.4) is 0 Å². The van der Waals surface area contributed by atoms with Gasteiger partial charge in [-0.25, -0.2) is 4.98 Å². The molecule has 5 rings (SSSR count). The summed E-state index contributed by atoms with van der Waals surface area (Å²) in [6.07, 6.45) is 4.41. The molecule has 160 valence electrons. The number of ether oxygens (including phenoxy) is 1. The van der Waals surface area contributed by atoms with E-state index in [-0.39, 0.29) is 11.7 Å². The number of anilines is 1. The minimum Gasteiger partial charge on any atom is -0.489 e. The number of ketones is 1. The number of hydrogen-bond acceptors (Lipinski definition) is 5. The summed E-state index contributed by atoms with van der Waals surface area (Å²) in [4.78, 5) is 30.1. The first-order valence-electron chi connectivity index (χ1n) is 10.4. The van der Waals surface area contributed by atoms with E-state index in [2.05, 4.69) is 10.3 Å². The number of carbonyl (C=O) groups is 2. The second kappa shape index (κ2) is 8.80. The molecule has 0 radical (unpaired) electrons. The van der Waals surface area contributed by atoms with Crippen LogP contribution in [0.15, 0.2) is 79.1 Å². The van der Waals surface area contributed by atoms with Crippen molar-refractivity contribution in [2.75, 3.05) is 5.32 Å². The lowest BCUT2D eigenvalue weighted by atomic mass is 10.0. The molecule has 0 spiro atoms. The molecule has 2 aromatic heterocycles.